The molecule has 1 aromatic rings. The summed E-state index contributed by atoms with van der Waals surface area (Å²) < 4.78 is 0. The lowest BCUT2D eigenvalue weighted by atomic mass is 10.1. The fraction of sp³-hybridized carbons (Fsp3) is 0.429. The highest BCUT2D eigenvalue weighted by molar-refractivity contribution is 7.98. The fourth-order valence-corrected chi connectivity index (χ4v) is 3.32. The number of thioether (sulfide) groups is 1. The molecule has 1 aliphatic heterocycles. The van der Waals surface area contributed by atoms with Gasteiger partial charge in [0.15, 0.2) is 5.11 Å². The van der Waals surface area contributed by atoms with Crippen LogP contribution in [-0.4, -0.2) is 34.0 Å². The minimum absolute atomic E-state index is 0.0523. The van der Waals surface area contributed by atoms with E-state index in [0.717, 1.165) is 17.7 Å². The summed E-state index contributed by atoms with van der Waals surface area (Å²) in [5.74, 6) is 0.988. The Morgan fingerprint density at radius 2 is 2.30 bits per heavy atom. The van der Waals surface area contributed by atoms with Crippen LogP contribution in [0, 0.1) is 0 Å². The molecule has 108 valence electrons. The van der Waals surface area contributed by atoms with Gasteiger partial charge < -0.3 is 5.32 Å². The number of hydrogen-bond donors (Lipinski definition) is 1. The Kier molecular flexibility index (Phi) is 5.29. The predicted octanol–water partition coefficient (Wildman–Crippen LogP) is 3.24. The van der Waals surface area contributed by atoms with Gasteiger partial charge in [-0.05, 0) is 55.3 Å². The number of carbonyl (C=O) groups is 1. The van der Waals surface area contributed by atoms with E-state index in [1.165, 1.54) is 0 Å². The van der Waals surface area contributed by atoms with E-state index in [-0.39, 0.29) is 18.0 Å². The van der Waals surface area contributed by atoms with E-state index in [0.29, 0.717) is 10.1 Å². The monoisotopic (exact) mass is 328 g/mol. The first-order valence-corrected chi connectivity index (χ1v) is 8.60. The van der Waals surface area contributed by atoms with Crippen LogP contribution in [0.2, 0.25) is 5.02 Å². The Morgan fingerprint density at radius 1 is 1.55 bits per heavy atom. The SMILES string of the molecule is CSCC[C@@H]1NC(=S)N([C@H](C)c2cccc(Cl)c2)C1=O. The summed E-state index contributed by atoms with van der Waals surface area (Å²) in [7, 11) is 0. The van der Waals surface area contributed by atoms with Gasteiger partial charge in [-0.2, -0.15) is 11.8 Å². The number of carbonyl (C=O) groups excluding carboxylic acids is 1. The van der Waals surface area contributed by atoms with Crippen LogP contribution in [0.3, 0.4) is 0 Å². The zero-order chi connectivity index (χ0) is 14.7. The van der Waals surface area contributed by atoms with Crippen molar-refractivity contribution in [3.8, 4) is 0 Å². The number of benzene rings is 1. The molecule has 1 aliphatic rings. The van der Waals surface area contributed by atoms with Crippen molar-refractivity contribution in [2.75, 3.05) is 12.0 Å². The molecule has 3 nitrogen and oxygen atoms in total. The molecule has 0 spiro atoms. The van der Waals surface area contributed by atoms with E-state index < -0.39 is 0 Å². The quantitative estimate of drug-likeness (QED) is 0.841. The predicted molar refractivity (Wildman–Crippen MR) is 89.2 cm³/mol. The van der Waals surface area contributed by atoms with Crippen molar-refractivity contribution < 1.29 is 4.79 Å². The molecule has 2 atom stereocenters. The number of nitrogens with one attached hydrogen (secondary N) is 1. The molecule has 0 unspecified atom stereocenters. The molecule has 1 N–H and O–H groups in total. The van der Waals surface area contributed by atoms with Crippen molar-refractivity contribution in [3.05, 3.63) is 34.9 Å². The van der Waals surface area contributed by atoms with E-state index in [9.17, 15) is 4.79 Å². The maximum absolute atomic E-state index is 12.5. The van der Waals surface area contributed by atoms with Crippen molar-refractivity contribution in [3.63, 3.8) is 0 Å². The van der Waals surface area contributed by atoms with E-state index in [1.54, 1.807) is 16.7 Å². The lowest BCUT2D eigenvalue weighted by molar-refractivity contribution is -0.128. The highest BCUT2D eigenvalue weighted by Gasteiger charge is 2.38. The summed E-state index contributed by atoms with van der Waals surface area (Å²) >= 11 is 13.0. The summed E-state index contributed by atoms with van der Waals surface area (Å²) in [5.41, 5.74) is 0.987. The second-order valence-electron chi connectivity index (χ2n) is 4.72. The van der Waals surface area contributed by atoms with Crippen molar-refractivity contribution in [2.45, 2.75) is 25.4 Å². The number of rotatable bonds is 5. The second-order valence-corrected chi connectivity index (χ2v) is 6.53. The molecule has 0 saturated carbocycles. The molecule has 20 heavy (non-hydrogen) atoms. The first kappa shape index (κ1) is 15.6. The Labute approximate surface area is 134 Å². The van der Waals surface area contributed by atoms with Crippen LogP contribution in [0.25, 0.3) is 0 Å². The van der Waals surface area contributed by atoms with Gasteiger partial charge in [0, 0.05) is 5.02 Å². The molecule has 1 saturated heterocycles. The zero-order valence-electron chi connectivity index (χ0n) is 11.4. The Morgan fingerprint density at radius 3 is 2.95 bits per heavy atom. The molecule has 1 heterocycles. The molecule has 1 amide bonds. The Hall–Kier alpha value is -0.780. The van der Waals surface area contributed by atoms with Gasteiger partial charge >= 0.3 is 0 Å². The minimum Gasteiger partial charge on any atom is -0.350 e. The molecule has 1 fully saturated rings. The average Bonchev–Trinajstić information content (AvgIpc) is 2.70. The first-order chi connectivity index (χ1) is 9.54. The normalized spacial score (nSPS) is 20.1. The summed E-state index contributed by atoms with van der Waals surface area (Å²) in [6, 6.07) is 7.23. The standard InChI is InChI=1S/C14H17ClN2OS2/c1-9(10-4-3-5-11(15)8-10)17-13(18)12(6-7-20-2)16-14(17)19/h3-5,8-9,12H,6-7H2,1-2H3,(H,16,19)/t9-,12+/m1/s1. The third-order valence-corrected chi connectivity index (χ3v) is 4.57. The number of halogens is 1. The molecule has 6 heteroatoms. The fourth-order valence-electron chi connectivity index (χ4n) is 2.26. The number of hydrogen-bond acceptors (Lipinski definition) is 3. The summed E-state index contributed by atoms with van der Waals surface area (Å²) in [6.07, 6.45) is 2.82. The molecular weight excluding hydrogens is 312 g/mol. The van der Waals surface area contributed by atoms with E-state index >= 15 is 0 Å². The second kappa shape index (κ2) is 6.78. The largest absolute Gasteiger partial charge is 0.350 e. The van der Waals surface area contributed by atoms with Gasteiger partial charge in [0.2, 0.25) is 0 Å². The summed E-state index contributed by atoms with van der Waals surface area (Å²) in [5, 5.41) is 4.29. The van der Waals surface area contributed by atoms with Gasteiger partial charge in [-0.3, -0.25) is 9.69 Å². The van der Waals surface area contributed by atoms with Crippen LogP contribution in [0.15, 0.2) is 24.3 Å². The summed E-state index contributed by atoms with van der Waals surface area (Å²) in [4.78, 5) is 14.1. The third kappa shape index (κ3) is 3.27. The van der Waals surface area contributed by atoms with Crippen LogP contribution in [-0.2, 0) is 4.79 Å². The van der Waals surface area contributed by atoms with Gasteiger partial charge in [0.25, 0.3) is 5.91 Å². The third-order valence-electron chi connectivity index (χ3n) is 3.38. The van der Waals surface area contributed by atoms with Crippen molar-refractivity contribution in [1.82, 2.24) is 10.2 Å². The molecule has 0 bridgehead atoms. The Balaban J connectivity index is 2.15. The first-order valence-electron chi connectivity index (χ1n) is 6.42. The zero-order valence-corrected chi connectivity index (χ0v) is 13.8. The average molecular weight is 329 g/mol. The number of nitrogens with zero attached hydrogens (tertiary/aromatic N) is 1. The van der Waals surface area contributed by atoms with Gasteiger partial charge in [-0.25, -0.2) is 0 Å². The molecule has 0 aromatic heterocycles. The van der Waals surface area contributed by atoms with Gasteiger partial charge in [0.1, 0.15) is 6.04 Å². The van der Waals surface area contributed by atoms with E-state index in [1.807, 2.05) is 37.4 Å². The van der Waals surface area contributed by atoms with E-state index in [2.05, 4.69) is 5.32 Å². The van der Waals surface area contributed by atoms with Crippen molar-refractivity contribution in [1.29, 1.82) is 0 Å². The minimum atomic E-state index is -0.198. The molecule has 0 radical (unpaired) electrons. The highest BCUT2D eigenvalue weighted by Crippen LogP contribution is 2.27. The van der Waals surface area contributed by atoms with Crippen LogP contribution < -0.4 is 5.32 Å². The van der Waals surface area contributed by atoms with E-state index in [4.69, 9.17) is 23.8 Å². The Bertz CT molecular complexity index is 524. The number of thiocarbonyl (C=S) groups is 1. The van der Waals surface area contributed by atoms with Crippen LogP contribution in [0.5, 0.6) is 0 Å². The van der Waals surface area contributed by atoms with Crippen molar-refractivity contribution in [2.24, 2.45) is 0 Å². The van der Waals surface area contributed by atoms with Crippen LogP contribution >= 0.6 is 35.6 Å². The maximum atomic E-state index is 12.5. The number of amides is 1. The van der Waals surface area contributed by atoms with Gasteiger partial charge in [-0.15, -0.1) is 0 Å². The van der Waals surface area contributed by atoms with Gasteiger partial charge in [0.05, 0.1) is 6.04 Å². The van der Waals surface area contributed by atoms with Crippen molar-refractivity contribution >= 4 is 46.6 Å². The topological polar surface area (TPSA) is 32.3 Å². The smallest absolute Gasteiger partial charge is 0.251 e. The molecular formula is C14H17ClN2OS2. The van der Waals surface area contributed by atoms with Crippen LogP contribution in [0.4, 0.5) is 0 Å². The maximum Gasteiger partial charge on any atom is 0.251 e. The molecule has 1 aromatic carbocycles. The van der Waals surface area contributed by atoms with Crippen LogP contribution in [0.1, 0.15) is 24.9 Å². The molecule has 2 rings (SSSR count). The summed E-state index contributed by atoms with van der Waals surface area (Å²) in [6.45, 7) is 1.97. The lowest BCUT2D eigenvalue weighted by Crippen LogP contribution is -2.34. The lowest BCUT2D eigenvalue weighted by Gasteiger charge is -2.23. The van der Waals surface area contributed by atoms with Gasteiger partial charge in [-0.1, -0.05) is 23.7 Å². The molecule has 0 aliphatic carbocycles. The highest BCUT2D eigenvalue weighted by atomic mass is 35.5.